The highest BCUT2D eigenvalue weighted by Crippen LogP contribution is 2.51. The minimum absolute atomic E-state index is 0.0211. The molecule has 1 aliphatic heterocycles. The molecule has 0 N–H and O–H groups in total. The molecule has 0 unspecified atom stereocenters. The standard InChI is InChI=1S/C59H48N6/c1-59(2,3)42-33-34-60-55(35-42)65-52-32-18-31-51-56(52)57-53(64(51)43-23-12-7-13-24-43)37-46(38-54(57)65)61(4)44-25-16-26-45(36-44)62-39-63(50-30-15-14-29-49(50)62)58-47(40-19-8-5-9-20-40)27-17-28-48(58)41-21-10-6-11-22-41/h5-38H,39H2,1-4H3. The summed E-state index contributed by atoms with van der Waals surface area (Å²) in [4.78, 5) is 12.3. The van der Waals surface area contributed by atoms with E-state index >= 15 is 0 Å². The molecule has 6 heteroatoms. The van der Waals surface area contributed by atoms with E-state index in [1.54, 1.807) is 0 Å². The summed E-state index contributed by atoms with van der Waals surface area (Å²) in [6.45, 7) is 7.45. The lowest BCUT2D eigenvalue weighted by molar-refractivity contribution is 0.588. The van der Waals surface area contributed by atoms with Crippen molar-refractivity contribution in [3.63, 3.8) is 0 Å². The lowest BCUT2D eigenvalue weighted by Gasteiger charge is -2.28. The summed E-state index contributed by atoms with van der Waals surface area (Å²) < 4.78 is 4.80. The van der Waals surface area contributed by atoms with E-state index < -0.39 is 0 Å². The molecular formula is C59H48N6. The molecular weight excluding hydrogens is 793 g/mol. The monoisotopic (exact) mass is 840 g/mol. The van der Waals surface area contributed by atoms with Crippen molar-refractivity contribution in [2.45, 2.75) is 26.2 Å². The normalized spacial score (nSPS) is 12.8. The first-order valence-electron chi connectivity index (χ1n) is 22.5. The van der Waals surface area contributed by atoms with Gasteiger partial charge in [0.25, 0.3) is 0 Å². The van der Waals surface area contributed by atoms with Crippen LogP contribution in [0.1, 0.15) is 26.3 Å². The largest absolute Gasteiger partial charge is 0.344 e. The van der Waals surface area contributed by atoms with Crippen LogP contribution in [-0.2, 0) is 5.41 Å². The number of pyridine rings is 1. The fourth-order valence-corrected chi connectivity index (χ4v) is 10.1. The average molecular weight is 841 g/mol. The lowest BCUT2D eigenvalue weighted by atomic mass is 9.88. The van der Waals surface area contributed by atoms with E-state index in [-0.39, 0.29) is 5.41 Å². The van der Waals surface area contributed by atoms with Crippen molar-refractivity contribution in [1.29, 1.82) is 0 Å². The SMILES string of the molecule is CN(c1cccc(N2CN(c3c(-c4ccccc4)cccc3-c3ccccc3)c3ccccc32)c1)c1cc2c3c4c(cccc4n(-c4cc(C(C)(C)C)ccn4)c3c1)n2-c1ccccc1. The smallest absolute Gasteiger partial charge is 0.137 e. The zero-order valence-electron chi connectivity index (χ0n) is 37.0. The molecule has 0 amide bonds. The van der Waals surface area contributed by atoms with E-state index in [1.807, 2.05) is 6.20 Å². The highest BCUT2D eigenvalue weighted by molar-refractivity contribution is 6.26. The Hall–Kier alpha value is -8.09. The maximum Gasteiger partial charge on any atom is 0.137 e. The quantitative estimate of drug-likeness (QED) is 0.153. The van der Waals surface area contributed by atoms with Crippen molar-refractivity contribution >= 4 is 67.0 Å². The summed E-state index contributed by atoms with van der Waals surface area (Å²) in [7, 11) is 2.19. The summed E-state index contributed by atoms with van der Waals surface area (Å²) >= 11 is 0. The fraction of sp³-hybridized carbons (Fsp3) is 0.102. The van der Waals surface area contributed by atoms with Gasteiger partial charge in [0.1, 0.15) is 12.5 Å². The van der Waals surface area contributed by atoms with E-state index in [0.29, 0.717) is 6.67 Å². The molecule has 0 spiro atoms. The van der Waals surface area contributed by atoms with Crippen molar-refractivity contribution < 1.29 is 0 Å². The van der Waals surface area contributed by atoms with Crippen molar-refractivity contribution in [2.75, 3.05) is 28.4 Å². The predicted octanol–water partition coefficient (Wildman–Crippen LogP) is 15.2. The molecule has 8 aromatic carbocycles. The van der Waals surface area contributed by atoms with Crippen molar-refractivity contribution in [1.82, 2.24) is 14.1 Å². The van der Waals surface area contributed by atoms with Crippen LogP contribution in [0.2, 0.25) is 0 Å². The second-order valence-corrected chi connectivity index (χ2v) is 18.2. The van der Waals surface area contributed by atoms with Gasteiger partial charge < -0.3 is 19.3 Å². The van der Waals surface area contributed by atoms with E-state index in [1.165, 1.54) is 66.7 Å². The average Bonchev–Trinajstić information content (AvgIpc) is 4.03. The Morgan fingerprint density at radius 1 is 0.462 bits per heavy atom. The van der Waals surface area contributed by atoms with Gasteiger partial charge in [0.15, 0.2) is 0 Å². The molecule has 314 valence electrons. The van der Waals surface area contributed by atoms with Crippen molar-refractivity contribution in [2.24, 2.45) is 0 Å². The summed E-state index contributed by atoms with van der Waals surface area (Å²) in [5.41, 5.74) is 18.7. The molecule has 11 aromatic rings. The fourth-order valence-electron chi connectivity index (χ4n) is 10.1. The second-order valence-electron chi connectivity index (χ2n) is 18.2. The Kier molecular flexibility index (Phi) is 8.92. The number of anilines is 6. The number of fused-ring (bicyclic) bond motifs is 1. The van der Waals surface area contributed by atoms with Crippen LogP contribution in [0.5, 0.6) is 0 Å². The zero-order chi connectivity index (χ0) is 43.8. The van der Waals surface area contributed by atoms with Crippen LogP contribution in [-0.4, -0.2) is 27.8 Å². The zero-order valence-corrected chi connectivity index (χ0v) is 37.0. The van der Waals surface area contributed by atoms with Gasteiger partial charge in [0.05, 0.1) is 39.1 Å². The number of para-hydroxylation sites is 4. The van der Waals surface area contributed by atoms with Gasteiger partial charge in [-0.25, -0.2) is 4.98 Å². The molecule has 1 aliphatic rings. The molecule has 0 radical (unpaired) electrons. The third-order valence-electron chi connectivity index (χ3n) is 13.3. The highest BCUT2D eigenvalue weighted by atomic mass is 15.4. The third-order valence-corrected chi connectivity index (χ3v) is 13.3. The van der Waals surface area contributed by atoms with Gasteiger partial charge >= 0.3 is 0 Å². The van der Waals surface area contributed by atoms with Gasteiger partial charge in [-0.3, -0.25) is 4.57 Å². The number of nitrogens with zero attached hydrogens (tertiary/aromatic N) is 6. The lowest BCUT2D eigenvalue weighted by Crippen LogP contribution is -2.25. The Morgan fingerprint density at radius 3 is 1.66 bits per heavy atom. The first-order chi connectivity index (χ1) is 31.8. The van der Waals surface area contributed by atoms with Gasteiger partial charge in [-0.15, -0.1) is 0 Å². The van der Waals surface area contributed by atoms with E-state index in [4.69, 9.17) is 4.98 Å². The highest BCUT2D eigenvalue weighted by Gasteiger charge is 2.32. The molecule has 0 atom stereocenters. The summed E-state index contributed by atoms with van der Waals surface area (Å²) in [5, 5.41) is 2.50. The van der Waals surface area contributed by atoms with Gasteiger partial charge in [-0.1, -0.05) is 142 Å². The van der Waals surface area contributed by atoms with Crippen LogP contribution in [0.25, 0.3) is 66.6 Å². The first-order valence-corrected chi connectivity index (χ1v) is 22.5. The van der Waals surface area contributed by atoms with E-state index in [0.717, 1.165) is 39.6 Å². The molecule has 6 nitrogen and oxygen atoms in total. The number of aromatic nitrogens is 3. The van der Waals surface area contributed by atoms with Gasteiger partial charge in [0.2, 0.25) is 0 Å². The third kappa shape index (κ3) is 6.28. The molecule has 0 saturated heterocycles. The van der Waals surface area contributed by atoms with Gasteiger partial charge in [-0.2, -0.15) is 0 Å². The number of hydrogen-bond acceptors (Lipinski definition) is 4. The van der Waals surface area contributed by atoms with E-state index in [2.05, 4.69) is 252 Å². The van der Waals surface area contributed by atoms with Crippen LogP contribution < -0.4 is 14.7 Å². The van der Waals surface area contributed by atoms with Crippen LogP contribution in [0.15, 0.2) is 206 Å². The molecule has 4 heterocycles. The second kappa shape index (κ2) is 15.0. The first kappa shape index (κ1) is 38.6. The Labute approximate surface area is 379 Å². The number of benzene rings is 8. The number of hydrogen-bond donors (Lipinski definition) is 0. The summed E-state index contributed by atoms with van der Waals surface area (Å²) in [5.74, 6) is 0.928. The van der Waals surface area contributed by atoms with Crippen LogP contribution >= 0.6 is 0 Å². The maximum absolute atomic E-state index is 5.03. The topological polar surface area (TPSA) is 32.5 Å². The van der Waals surface area contributed by atoms with E-state index in [9.17, 15) is 0 Å². The molecule has 3 aromatic heterocycles. The summed E-state index contributed by atoms with van der Waals surface area (Å²) in [6.07, 6.45) is 1.96. The number of rotatable bonds is 8. The molecule has 0 fully saturated rings. The predicted molar refractivity (Wildman–Crippen MR) is 273 cm³/mol. The molecule has 0 saturated carbocycles. The molecule has 65 heavy (non-hydrogen) atoms. The molecule has 0 aliphatic carbocycles. The minimum Gasteiger partial charge on any atom is -0.344 e. The Balaban J connectivity index is 0.997. The summed E-state index contributed by atoms with van der Waals surface area (Å²) in [6, 6.07) is 72.6. The van der Waals surface area contributed by atoms with Gasteiger partial charge in [0, 0.05) is 57.9 Å². The van der Waals surface area contributed by atoms with Crippen molar-refractivity contribution in [3.8, 4) is 33.8 Å². The maximum atomic E-state index is 5.03. The molecule has 12 rings (SSSR count). The van der Waals surface area contributed by atoms with Crippen LogP contribution in [0.4, 0.5) is 34.1 Å². The Bertz CT molecular complexity index is 3470. The van der Waals surface area contributed by atoms with Gasteiger partial charge in [-0.05, 0) is 101 Å². The minimum atomic E-state index is -0.0211. The van der Waals surface area contributed by atoms with Crippen molar-refractivity contribution in [3.05, 3.63) is 212 Å². The van der Waals surface area contributed by atoms with Crippen LogP contribution in [0, 0.1) is 0 Å². The van der Waals surface area contributed by atoms with Crippen LogP contribution in [0.3, 0.4) is 0 Å². The molecule has 0 bridgehead atoms. The Morgan fingerprint density at radius 2 is 1.00 bits per heavy atom.